The highest BCUT2D eigenvalue weighted by atomic mass is 19.4. The van der Waals surface area contributed by atoms with Gasteiger partial charge in [-0.15, -0.1) is 0 Å². The average molecular weight is 468 g/mol. The number of amides is 1. The van der Waals surface area contributed by atoms with Gasteiger partial charge in [0.2, 0.25) is 11.8 Å². The Hall–Kier alpha value is -3.35. The fourth-order valence-electron chi connectivity index (χ4n) is 3.73. The number of likely N-dealkylation sites (tertiary alicyclic amines) is 1. The number of carbonyl (C=O) groups is 2. The Kier molecular flexibility index (Phi) is 7.74. The van der Waals surface area contributed by atoms with Crippen molar-refractivity contribution in [3.05, 3.63) is 42.7 Å². The van der Waals surface area contributed by atoms with Gasteiger partial charge in [0.15, 0.2) is 0 Å². The molecule has 1 spiro atoms. The number of halogens is 3. The molecular weight excluding hydrogens is 445 g/mol. The van der Waals surface area contributed by atoms with Gasteiger partial charge in [0.05, 0.1) is 18.2 Å². The molecule has 2 saturated heterocycles. The molecule has 0 bridgehead atoms. The second kappa shape index (κ2) is 10.5. The zero-order valence-electron chi connectivity index (χ0n) is 17.5. The van der Waals surface area contributed by atoms with Gasteiger partial charge in [-0.25, -0.2) is 24.7 Å². The number of rotatable bonds is 4. The standard InChI is InChI=1S/C18H22N6O2.C2HF3O2/c25-16(15-19-7-2-8-20-15)24-11-6-18(13-24)5-1-4-14(26-18)12-23-17-21-9-3-10-22-17;3-2(4,5)1(6)7/h2-3,7-10,14H,1,4-6,11-13H2,(H,21,22,23);(H,6,7)/t14-,18-;/m1./s1. The zero-order chi connectivity index (χ0) is 23.9. The van der Waals surface area contributed by atoms with E-state index in [1.165, 1.54) is 0 Å². The van der Waals surface area contributed by atoms with Crippen molar-refractivity contribution in [1.29, 1.82) is 0 Å². The van der Waals surface area contributed by atoms with Crippen molar-refractivity contribution >= 4 is 17.8 Å². The Bertz CT molecular complexity index is 934. The van der Waals surface area contributed by atoms with Gasteiger partial charge in [-0.2, -0.15) is 13.2 Å². The number of aliphatic carboxylic acids is 1. The first-order chi connectivity index (χ1) is 15.7. The molecule has 178 valence electrons. The summed E-state index contributed by atoms with van der Waals surface area (Å²) in [5.41, 5.74) is -0.257. The van der Waals surface area contributed by atoms with E-state index in [9.17, 15) is 18.0 Å². The summed E-state index contributed by atoms with van der Waals surface area (Å²) in [5, 5.41) is 10.4. The molecule has 0 aromatic carbocycles. The minimum absolute atomic E-state index is 0.0931. The SMILES string of the molecule is O=C(O)C(F)(F)F.O=C(c1ncccn1)N1CC[C@]2(CCC[C@H](CNc3ncccn3)O2)C1. The van der Waals surface area contributed by atoms with E-state index in [0.717, 1.165) is 25.7 Å². The lowest BCUT2D eigenvalue weighted by molar-refractivity contribution is -0.192. The van der Waals surface area contributed by atoms with Crippen molar-refractivity contribution < 1.29 is 32.6 Å². The summed E-state index contributed by atoms with van der Waals surface area (Å²) in [5.74, 6) is -2.02. The lowest BCUT2D eigenvalue weighted by Gasteiger charge is -2.38. The molecule has 2 aromatic heterocycles. The molecule has 0 saturated carbocycles. The summed E-state index contributed by atoms with van der Waals surface area (Å²) in [7, 11) is 0. The van der Waals surface area contributed by atoms with E-state index in [2.05, 4.69) is 25.3 Å². The van der Waals surface area contributed by atoms with Gasteiger partial charge in [0.1, 0.15) is 0 Å². The van der Waals surface area contributed by atoms with Crippen molar-refractivity contribution in [2.45, 2.75) is 43.6 Å². The maximum atomic E-state index is 12.6. The number of nitrogens with zero attached hydrogens (tertiary/aromatic N) is 5. The molecule has 2 fully saturated rings. The van der Waals surface area contributed by atoms with Crippen LogP contribution >= 0.6 is 0 Å². The monoisotopic (exact) mass is 468 g/mol. The molecule has 1 amide bonds. The van der Waals surface area contributed by atoms with Crippen LogP contribution in [0.4, 0.5) is 19.1 Å². The lowest BCUT2D eigenvalue weighted by atomic mass is 9.90. The number of hydrogen-bond acceptors (Lipinski definition) is 8. The number of anilines is 1. The second-order valence-electron chi connectivity index (χ2n) is 7.62. The molecule has 4 heterocycles. The Morgan fingerprint density at radius 2 is 1.73 bits per heavy atom. The van der Waals surface area contributed by atoms with Gasteiger partial charge in [-0.05, 0) is 37.8 Å². The maximum Gasteiger partial charge on any atom is 0.490 e. The topological polar surface area (TPSA) is 130 Å². The number of nitrogens with one attached hydrogen (secondary N) is 1. The number of carboxylic acids is 1. The van der Waals surface area contributed by atoms with Gasteiger partial charge < -0.3 is 20.1 Å². The summed E-state index contributed by atoms with van der Waals surface area (Å²) in [6, 6.07) is 3.50. The third kappa shape index (κ3) is 6.81. The molecule has 2 aliphatic rings. The molecule has 0 radical (unpaired) electrons. The van der Waals surface area contributed by atoms with E-state index in [1.54, 1.807) is 36.9 Å². The van der Waals surface area contributed by atoms with Crippen molar-refractivity contribution in [3.8, 4) is 0 Å². The first-order valence-electron chi connectivity index (χ1n) is 10.2. The van der Waals surface area contributed by atoms with E-state index < -0.39 is 12.1 Å². The fraction of sp³-hybridized carbons (Fsp3) is 0.500. The van der Waals surface area contributed by atoms with Crippen molar-refractivity contribution in [1.82, 2.24) is 24.8 Å². The normalized spacial score (nSPS) is 22.4. The molecule has 0 aliphatic carbocycles. The fourth-order valence-corrected chi connectivity index (χ4v) is 3.73. The van der Waals surface area contributed by atoms with Gasteiger partial charge >= 0.3 is 12.1 Å². The lowest BCUT2D eigenvalue weighted by Crippen LogP contribution is -2.46. The molecule has 2 aliphatic heterocycles. The van der Waals surface area contributed by atoms with Crippen LogP contribution in [-0.2, 0) is 9.53 Å². The quantitative estimate of drug-likeness (QED) is 0.693. The maximum absolute atomic E-state index is 12.6. The van der Waals surface area contributed by atoms with E-state index in [1.807, 2.05) is 4.90 Å². The van der Waals surface area contributed by atoms with Crippen LogP contribution < -0.4 is 5.32 Å². The molecule has 2 N–H and O–H groups in total. The van der Waals surface area contributed by atoms with Gasteiger partial charge in [-0.1, -0.05) is 0 Å². The first-order valence-corrected chi connectivity index (χ1v) is 10.2. The van der Waals surface area contributed by atoms with Crippen LogP contribution in [0, 0.1) is 0 Å². The Morgan fingerprint density at radius 3 is 2.33 bits per heavy atom. The summed E-state index contributed by atoms with van der Waals surface area (Å²) in [4.78, 5) is 39.8. The predicted octanol–water partition coefficient (Wildman–Crippen LogP) is 2.17. The van der Waals surface area contributed by atoms with Crippen LogP contribution in [0.1, 0.15) is 36.3 Å². The second-order valence-corrected chi connectivity index (χ2v) is 7.62. The summed E-state index contributed by atoms with van der Waals surface area (Å²) >= 11 is 0. The van der Waals surface area contributed by atoms with Crippen molar-refractivity contribution in [2.75, 3.05) is 25.0 Å². The largest absolute Gasteiger partial charge is 0.490 e. The molecule has 13 heteroatoms. The average Bonchev–Trinajstić information content (AvgIpc) is 3.21. The van der Waals surface area contributed by atoms with Crippen LogP contribution in [0.15, 0.2) is 36.9 Å². The number of aromatic nitrogens is 4. The third-order valence-electron chi connectivity index (χ3n) is 5.23. The van der Waals surface area contributed by atoms with Crippen LogP contribution in [-0.4, -0.2) is 79.3 Å². The van der Waals surface area contributed by atoms with Crippen molar-refractivity contribution in [3.63, 3.8) is 0 Å². The number of hydrogen-bond donors (Lipinski definition) is 2. The summed E-state index contributed by atoms with van der Waals surface area (Å²) in [6.07, 6.45) is 5.54. The van der Waals surface area contributed by atoms with Crippen LogP contribution in [0.5, 0.6) is 0 Å². The molecule has 4 rings (SSSR count). The van der Waals surface area contributed by atoms with E-state index >= 15 is 0 Å². The minimum atomic E-state index is -5.08. The highest BCUT2D eigenvalue weighted by molar-refractivity contribution is 5.90. The van der Waals surface area contributed by atoms with E-state index in [0.29, 0.717) is 25.6 Å². The number of carbonyl (C=O) groups excluding carboxylic acids is 1. The summed E-state index contributed by atoms with van der Waals surface area (Å²) < 4.78 is 38.2. The number of carboxylic acid groups (broad SMARTS) is 1. The Labute approximate surface area is 187 Å². The molecule has 2 aromatic rings. The van der Waals surface area contributed by atoms with Gasteiger partial charge in [0, 0.05) is 37.9 Å². The number of ether oxygens (including phenoxy) is 1. The van der Waals surface area contributed by atoms with Crippen molar-refractivity contribution in [2.24, 2.45) is 0 Å². The Balaban J connectivity index is 0.000000383. The Morgan fingerprint density at radius 1 is 1.12 bits per heavy atom. The zero-order valence-corrected chi connectivity index (χ0v) is 17.5. The van der Waals surface area contributed by atoms with Gasteiger partial charge in [0.25, 0.3) is 5.91 Å². The molecule has 2 atom stereocenters. The smallest absolute Gasteiger partial charge is 0.475 e. The van der Waals surface area contributed by atoms with Gasteiger partial charge in [-0.3, -0.25) is 4.79 Å². The van der Waals surface area contributed by atoms with E-state index in [-0.39, 0.29) is 23.4 Å². The predicted molar refractivity (Wildman–Crippen MR) is 108 cm³/mol. The first kappa shape index (κ1) is 24.3. The summed E-state index contributed by atoms with van der Waals surface area (Å²) in [6.45, 7) is 1.95. The number of alkyl halides is 3. The molecule has 10 nitrogen and oxygen atoms in total. The van der Waals surface area contributed by atoms with Crippen LogP contribution in [0.3, 0.4) is 0 Å². The van der Waals surface area contributed by atoms with Crippen LogP contribution in [0.25, 0.3) is 0 Å². The molecule has 0 unspecified atom stereocenters. The third-order valence-corrected chi connectivity index (χ3v) is 5.23. The van der Waals surface area contributed by atoms with Crippen LogP contribution in [0.2, 0.25) is 0 Å². The minimum Gasteiger partial charge on any atom is -0.475 e. The highest BCUT2D eigenvalue weighted by Gasteiger charge is 2.44. The van der Waals surface area contributed by atoms with E-state index in [4.69, 9.17) is 14.6 Å². The molecule has 33 heavy (non-hydrogen) atoms. The molecular formula is C20H23F3N6O4. The highest BCUT2D eigenvalue weighted by Crippen LogP contribution is 2.37.